The summed E-state index contributed by atoms with van der Waals surface area (Å²) in [5.41, 5.74) is 2.49. The third-order valence-electron chi connectivity index (χ3n) is 4.80. The fourth-order valence-electron chi connectivity index (χ4n) is 3.39. The Kier molecular flexibility index (Phi) is 5.94. The highest BCUT2D eigenvalue weighted by Gasteiger charge is 2.40. The van der Waals surface area contributed by atoms with E-state index in [-0.39, 0.29) is 13.1 Å². The lowest BCUT2D eigenvalue weighted by molar-refractivity contribution is 0.338. The van der Waals surface area contributed by atoms with Crippen molar-refractivity contribution in [2.45, 2.75) is 26.9 Å². The highest BCUT2D eigenvalue weighted by atomic mass is 32.2. The van der Waals surface area contributed by atoms with Gasteiger partial charge in [-0.15, -0.1) is 0 Å². The quantitative estimate of drug-likeness (QED) is 0.533. The average Bonchev–Trinajstić information content (AvgIpc) is 2.98. The molecular weight excluding hydrogens is 416 g/mol. The van der Waals surface area contributed by atoms with Crippen LogP contribution in [-0.4, -0.2) is 31.6 Å². The Hall–Kier alpha value is -3.33. The standard InChI is InChI=1S/C22H24N4O4S/c1-3-29-19-11-9-17(23-13-19)15-25-21-7-5-6-8-22(21)26(31(25,27)28)16-18-10-12-20(14-24-18)30-4-2/h5-14H,3-4,15-16H2,1-2H3. The molecule has 0 amide bonds. The number of rotatable bonds is 8. The summed E-state index contributed by atoms with van der Waals surface area (Å²) in [6.45, 7) is 5.13. The van der Waals surface area contributed by atoms with Gasteiger partial charge >= 0.3 is 10.2 Å². The normalized spacial score (nSPS) is 14.4. The molecule has 0 saturated carbocycles. The van der Waals surface area contributed by atoms with Crippen LogP contribution in [0.3, 0.4) is 0 Å². The van der Waals surface area contributed by atoms with E-state index in [1.165, 1.54) is 8.61 Å². The molecule has 0 spiro atoms. The Labute approximate surface area is 182 Å². The number of pyridine rings is 2. The molecule has 0 radical (unpaired) electrons. The molecule has 1 aliphatic rings. The Bertz CT molecular complexity index is 1050. The lowest BCUT2D eigenvalue weighted by atomic mass is 10.2. The van der Waals surface area contributed by atoms with Crippen molar-refractivity contribution in [2.75, 3.05) is 21.8 Å². The zero-order valence-electron chi connectivity index (χ0n) is 17.4. The topological polar surface area (TPSA) is 84.9 Å². The minimum absolute atomic E-state index is 0.124. The van der Waals surface area contributed by atoms with E-state index in [9.17, 15) is 8.42 Å². The molecule has 0 N–H and O–H groups in total. The monoisotopic (exact) mass is 440 g/mol. The van der Waals surface area contributed by atoms with Crippen LogP contribution < -0.4 is 18.1 Å². The predicted octanol–water partition coefficient (Wildman–Crippen LogP) is 3.55. The summed E-state index contributed by atoms with van der Waals surface area (Å²) in [6.07, 6.45) is 3.21. The van der Waals surface area contributed by atoms with Crippen LogP contribution >= 0.6 is 0 Å². The minimum atomic E-state index is -3.80. The second-order valence-electron chi connectivity index (χ2n) is 6.85. The number of benzene rings is 1. The fourth-order valence-corrected chi connectivity index (χ4v) is 5.03. The number of fused-ring (bicyclic) bond motifs is 1. The lowest BCUT2D eigenvalue weighted by Crippen LogP contribution is -2.37. The molecule has 9 heteroatoms. The van der Waals surface area contributed by atoms with Crippen LogP contribution in [-0.2, 0) is 23.3 Å². The van der Waals surface area contributed by atoms with E-state index in [1.54, 1.807) is 48.8 Å². The summed E-state index contributed by atoms with van der Waals surface area (Å²) < 4.78 is 40.5. The van der Waals surface area contributed by atoms with E-state index in [2.05, 4.69) is 9.97 Å². The first-order valence-corrected chi connectivity index (χ1v) is 11.5. The summed E-state index contributed by atoms with van der Waals surface area (Å²) in [7, 11) is -3.80. The maximum Gasteiger partial charge on any atom is 0.327 e. The molecule has 0 fully saturated rings. The van der Waals surface area contributed by atoms with Gasteiger partial charge in [0.25, 0.3) is 0 Å². The molecule has 0 unspecified atom stereocenters. The third kappa shape index (κ3) is 4.27. The Morgan fingerprint density at radius 2 is 1.19 bits per heavy atom. The van der Waals surface area contributed by atoms with Gasteiger partial charge < -0.3 is 9.47 Å². The fraction of sp³-hybridized carbons (Fsp3) is 0.273. The summed E-state index contributed by atoms with van der Waals surface area (Å²) in [4.78, 5) is 8.72. The van der Waals surface area contributed by atoms with Gasteiger partial charge in [0.1, 0.15) is 11.5 Å². The molecule has 4 rings (SSSR count). The molecule has 31 heavy (non-hydrogen) atoms. The highest BCUT2D eigenvalue weighted by Crippen LogP contribution is 2.42. The maximum atomic E-state index is 13.4. The van der Waals surface area contributed by atoms with E-state index >= 15 is 0 Å². The third-order valence-corrected chi connectivity index (χ3v) is 6.57. The van der Waals surface area contributed by atoms with Crippen LogP contribution in [0.1, 0.15) is 25.2 Å². The van der Waals surface area contributed by atoms with Crippen molar-refractivity contribution in [3.63, 3.8) is 0 Å². The van der Waals surface area contributed by atoms with Crippen molar-refractivity contribution in [2.24, 2.45) is 0 Å². The van der Waals surface area contributed by atoms with Crippen LogP contribution in [0.4, 0.5) is 11.4 Å². The summed E-state index contributed by atoms with van der Waals surface area (Å²) in [5, 5.41) is 0. The van der Waals surface area contributed by atoms with Gasteiger partial charge in [0.05, 0.1) is 61.5 Å². The molecule has 0 saturated heterocycles. The molecule has 2 aromatic heterocycles. The first-order valence-electron chi connectivity index (χ1n) is 10.1. The van der Waals surface area contributed by atoms with Gasteiger partial charge in [-0.25, -0.2) is 8.61 Å². The van der Waals surface area contributed by atoms with E-state index in [4.69, 9.17) is 9.47 Å². The van der Waals surface area contributed by atoms with Gasteiger partial charge in [0, 0.05) is 0 Å². The van der Waals surface area contributed by atoms with Crippen LogP contribution in [0, 0.1) is 0 Å². The van der Waals surface area contributed by atoms with Crippen molar-refractivity contribution in [1.29, 1.82) is 0 Å². The Morgan fingerprint density at radius 1 is 0.742 bits per heavy atom. The number of para-hydroxylation sites is 2. The first-order chi connectivity index (χ1) is 15.0. The molecule has 3 heterocycles. The molecule has 0 atom stereocenters. The zero-order chi connectivity index (χ0) is 21.8. The minimum Gasteiger partial charge on any atom is -0.492 e. The zero-order valence-corrected chi connectivity index (χ0v) is 18.2. The van der Waals surface area contributed by atoms with E-state index in [0.717, 1.165) is 0 Å². The largest absolute Gasteiger partial charge is 0.492 e. The molecule has 162 valence electrons. The SMILES string of the molecule is CCOc1ccc(CN2c3ccccc3N(Cc3ccc(OCC)cn3)S2(=O)=O)nc1. The van der Waals surface area contributed by atoms with Crippen molar-refractivity contribution in [1.82, 2.24) is 9.97 Å². The van der Waals surface area contributed by atoms with Crippen molar-refractivity contribution in [3.8, 4) is 11.5 Å². The highest BCUT2D eigenvalue weighted by molar-refractivity contribution is 7.94. The van der Waals surface area contributed by atoms with Crippen LogP contribution in [0.5, 0.6) is 11.5 Å². The van der Waals surface area contributed by atoms with Gasteiger partial charge in [-0.2, -0.15) is 8.42 Å². The number of hydrogen-bond acceptors (Lipinski definition) is 6. The van der Waals surface area contributed by atoms with Gasteiger partial charge in [-0.05, 0) is 50.2 Å². The lowest BCUT2D eigenvalue weighted by Gasteiger charge is -2.21. The van der Waals surface area contributed by atoms with Gasteiger partial charge in [-0.1, -0.05) is 12.1 Å². The van der Waals surface area contributed by atoms with Gasteiger partial charge in [-0.3, -0.25) is 9.97 Å². The molecule has 1 aliphatic heterocycles. The molecule has 1 aromatic carbocycles. The molecule has 0 aliphatic carbocycles. The molecule has 0 bridgehead atoms. The summed E-state index contributed by atoms with van der Waals surface area (Å²) in [6, 6.07) is 14.4. The Balaban J connectivity index is 1.61. The number of aromatic nitrogens is 2. The van der Waals surface area contributed by atoms with Crippen molar-refractivity contribution < 1.29 is 17.9 Å². The second kappa shape index (κ2) is 8.81. The second-order valence-corrected chi connectivity index (χ2v) is 8.62. The van der Waals surface area contributed by atoms with Crippen LogP contribution in [0.25, 0.3) is 0 Å². The number of hydrogen-bond donors (Lipinski definition) is 0. The number of nitrogens with zero attached hydrogens (tertiary/aromatic N) is 4. The molecule has 3 aromatic rings. The van der Waals surface area contributed by atoms with Crippen LogP contribution in [0.2, 0.25) is 0 Å². The predicted molar refractivity (Wildman–Crippen MR) is 119 cm³/mol. The number of anilines is 2. The smallest absolute Gasteiger partial charge is 0.327 e. The van der Waals surface area contributed by atoms with Crippen molar-refractivity contribution >= 4 is 21.6 Å². The van der Waals surface area contributed by atoms with Crippen LogP contribution in [0.15, 0.2) is 60.9 Å². The number of ether oxygens (including phenoxy) is 2. The van der Waals surface area contributed by atoms with E-state index in [1.807, 2.05) is 26.0 Å². The first kappa shape index (κ1) is 20.9. The van der Waals surface area contributed by atoms with Gasteiger partial charge in [0.15, 0.2) is 0 Å². The molecular formula is C22H24N4O4S. The maximum absolute atomic E-state index is 13.4. The van der Waals surface area contributed by atoms with Crippen molar-refractivity contribution in [3.05, 3.63) is 72.3 Å². The van der Waals surface area contributed by atoms with E-state index < -0.39 is 10.2 Å². The summed E-state index contributed by atoms with van der Waals surface area (Å²) in [5.74, 6) is 1.30. The Morgan fingerprint density at radius 3 is 1.55 bits per heavy atom. The summed E-state index contributed by atoms with van der Waals surface area (Å²) >= 11 is 0. The van der Waals surface area contributed by atoms with Gasteiger partial charge in [0.2, 0.25) is 0 Å². The average molecular weight is 441 g/mol. The van der Waals surface area contributed by atoms with E-state index in [0.29, 0.717) is 47.5 Å². The molecule has 8 nitrogen and oxygen atoms in total.